The van der Waals surface area contributed by atoms with Crippen LogP contribution < -0.4 is 5.32 Å². The van der Waals surface area contributed by atoms with Gasteiger partial charge in [-0.25, -0.2) is 0 Å². The van der Waals surface area contributed by atoms with E-state index < -0.39 is 0 Å². The van der Waals surface area contributed by atoms with Crippen molar-refractivity contribution in [1.29, 1.82) is 0 Å². The molecule has 1 aliphatic rings. The van der Waals surface area contributed by atoms with Gasteiger partial charge in [0.15, 0.2) is 0 Å². The Kier molecular flexibility index (Phi) is 4.70. The fourth-order valence-electron chi connectivity index (χ4n) is 1.94. The molecule has 1 fully saturated rings. The summed E-state index contributed by atoms with van der Waals surface area (Å²) in [6.07, 6.45) is 2.29. The summed E-state index contributed by atoms with van der Waals surface area (Å²) in [5.41, 5.74) is 0. The Morgan fingerprint density at radius 1 is 1.38 bits per heavy atom. The first-order valence-electron chi connectivity index (χ1n) is 5.42. The van der Waals surface area contributed by atoms with E-state index in [1.807, 2.05) is 0 Å². The highest BCUT2D eigenvalue weighted by Gasteiger charge is 2.28. The lowest BCUT2D eigenvalue weighted by atomic mass is 10.1. The maximum absolute atomic E-state index is 9.69. The third-order valence-corrected chi connectivity index (χ3v) is 2.83. The van der Waals surface area contributed by atoms with E-state index in [1.54, 1.807) is 0 Å². The molecule has 3 heteroatoms. The second-order valence-corrected chi connectivity index (χ2v) is 3.78. The molecule has 2 unspecified atom stereocenters. The zero-order valence-corrected chi connectivity index (χ0v) is 8.79. The Morgan fingerprint density at radius 2 is 2.15 bits per heavy atom. The number of nitrogens with zero attached hydrogens (tertiary/aromatic N) is 1. The molecule has 2 atom stereocenters. The van der Waals surface area contributed by atoms with Gasteiger partial charge in [-0.2, -0.15) is 0 Å². The molecule has 1 saturated heterocycles. The molecule has 3 nitrogen and oxygen atoms in total. The molecular formula is C10H22N2O. The zero-order chi connectivity index (χ0) is 9.68. The van der Waals surface area contributed by atoms with E-state index in [0.29, 0.717) is 6.04 Å². The van der Waals surface area contributed by atoms with Crippen LogP contribution in [0.4, 0.5) is 0 Å². The lowest BCUT2D eigenvalue weighted by Gasteiger charge is -2.28. The molecule has 0 saturated carbocycles. The minimum absolute atomic E-state index is 0.170. The minimum Gasteiger partial charge on any atom is -0.390 e. The third-order valence-electron chi connectivity index (χ3n) is 2.83. The number of unbranched alkanes of at least 4 members (excludes halogenated alkanes) is 1. The lowest BCUT2D eigenvalue weighted by molar-refractivity contribution is 0.0855. The average Bonchev–Trinajstić information content (AvgIpc) is 2.54. The van der Waals surface area contributed by atoms with Crippen LogP contribution in [0, 0.1) is 0 Å². The van der Waals surface area contributed by atoms with Crippen LogP contribution in [0.5, 0.6) is 0 Å². The van der Waals surface area contributed by atoms with Crippen LogP contribution in [0.1, 0.15) is 26.7 Å². The van der Waals surface area contributed by atoms with E-state index in [0.717, 1.165) is 26.2 Å². The lowest BCUT2D eigenvalue weighted by Crippen LogP contribution is -2.43. The second kappa shape index (κ2) is 5.58. The number of likely N-dealkylation sites (N-methyl/N-ethyl adjacent to an activating group) is 1. The van der Waals surface area contributed by atoms with Crippen molar-refractivity contribution in [3.8, 4) is 0 Å². The molecule has 78 valence electrons. The molecule has 0 amide bonds. The molecule has 0 aromatic heterocycles. The van der Waals surface area contributed by atoms with Crippen LogP contribution in [-0.2, 0) is 0 Å². The zero-order valence-electron chi connectivity index (χ0n) is 8.79. The first-order chi connectivity index (χ1) is 6.29. The van der Waals surface area contributed by atoms with Gasteiger partial charge in [0.2, 0.25) is 0 Å². The van der Waals surface area contributed by atoms with Gasteiger partial charge >= 0.3 is 0 Å². The molecule has 0 aliphatic carbocycles. The Bertz CT molecular complexity index is 141. The van der Waals surface area contributed by atoms with Gasteiger partial charge in [-0.3, -0.25) is 4.90 Å². The highest BCUT2D eigenvalue weighted by Crippen LogP contribution is 2.10. The number of hydrogen-bond acceptors (Lipinski definition) is 3. The summed E-state index contributed by atoms with van der Waals surface area (Å²) in [6.45, 7) is 8.24. The highest BCUT2D eigenvalue weighted by atomic mass is 16.3. The van der Waals surface area contributed by atoms with E-state index in [9.17, 15) is 5.11 Å². The predicted molar refractivity (Wildman–Crippen MR) is 54.8 cm³/mol. The molecule has 1 rings (SSSR count). The van der Waals surface area contributed by atoms with Gasteiger partial charge in [0.1, 0.15) is 0 Å². The molecule has 0 aromatic rings. The Labute approximate surface area is 81.1 Å². The number of aliphatic hydroxyl groups is 1. The number of nitrogens with one attached hydrogen (secondary N) is 1. The van der Waals surface area contributed by atoms with Gasteiger partial charge in [-0.15, -0.1) is 0 Å². The SMILES string of the molecule is CCCCN(CC)C1CNCC1O. The van der Waals surface area contributed by atoms with Crippen molar-refractivity contribution in [3.05, 3.63) is 0 Å². The number of β-amino-alcohol motifs (C(OH)–C–C–N with tert-alkyl or cyclic N) is 1. The molecule has 1 heterocycles. The summed E-state index contributed by atoms with van der Waals surface area (Å²) < 4.78 is 0. The molecule has 0 aromatic carbocycles. The van der Waals surface area contributed by atoms with E-state index in [1.165, 1.54) is 12.8 Å². The Balaban J connectivity index is 2.35. The third kappa shape index (κ3) is 2.93. The van der Waals surface area contributed by atoms with E-state index in [-0.39, 0.29) is 6.10 Å². The van der Waals surface area contributed by atoms with Crippen molar-refractivity contribution in [3.63, 3.8) is 0 Å². The van der Waals surface area contributed by atoms with Crippen LogP contribution in [0.3, 0.4) is 0 Å². The fourth-order valence-corrected chi connectivity index (χ4v) is 1.94. The maximum atomic E-state index is 9.69. The van der Waals surface area contributed by atoms with Crippen molar-refractivity contribution in [1.82, 2.24) is 10.2 Å². The van der Waals surface area contributed by atoms with Crippen molar-refractivity contribution in [2.45, 2.75) is 38.8 Å². The second-order valence-electron chi connectivity index (χ2n) is 3.78. The predicted octanol–water partition coefficient (Wildman–Crippen LogP) is 0.441. The summed E-state index contributed by atoms with van der Waals surface area (Å²) in [4.78, 5) is 2.38. The molecule has 0 bridgehead atoms. The van der Waals surface area contributed by atoms with Gasteiger partial charge < -0.3 is 10.4 Å². The molecule has 13 heavy (non-hydrogen) atoms. The average molecular weight is 186 g/mol. The fraction of sp³-hybridized carbons (Fsp3) is 1.00. The molecular weight excluding hydrogens is 164 g/mol. The molecule has 1 aliphatic heterocycles. The van der Waals surface area contributed by atoms with E-state index >= 15 is 0 Å². The molecule has 2 N–H and O–H groups in total. The van der Waals surface area contributed by atoms with Crippen LogP contribution in [0.15, 0.2) is 0 Å². The highest BCUT2D eigenvalue weighted by molar-refractivity contribution is 4.88. The normalized spacial score (nSPS) is 28.6. The van der Waals surface area contributed by atoms with Crippen molar-refractivity contribution in [2.24, 2.45) is 0 Å². The smallest absolute Gasteiger partial charge is 0.0831 e. The first kappa shape index (κ1) is 11.0. The summed E-state index contributed by atoms with van der Waals surface area (Å²) in [7, 11) is 0. The Hall–Kier alpha value is -0.120. The van der Waals surface area contributed by atoms with Crippen molar-refractivity contribution in [2.75, 3.05) is 26.2 Å². The van der Waals surface area contributed by atoms with E-state index in [2.05, 4.69) is 24.1 Å². The summed E-state index contributed by atoms with van der Waals surface area (Å²) in [5.74, 6) is 0. The number of rotatable bonds is 5. The van der Waals surface area contributed by atoms with Gasteiger partial charge in [0.25, 0.3) is 0 Å². The van der Waals surface area contributed by atoms with Crippen LogP contribution in [0.25, 0.3) is 0 Å². The van der Waals surface area contributed by atoms with Crippen molar-refractivity contribution >= 4 is 0 Å². The quantitative estimate of drug-likeness (QED) is 0.654. The van der Waals surface area contributed by atoms with Gasteiger partial charge in [0.05, 0.1) is 6.10 Å². The standard InChI is InChI=1S/C10H22N2O/c1-3-5-6-12(4-2)9-7-11-8-10(9)13/h9-11,13H,3-8H2,1-2H3. The van der Waals surface area contributed by atoms with Crippen LogP contribution in [0.2, 0.25) is 0 Å². The number of hydrogen-bond donors (Lipinski definition) is 2. The first-order valence-corrected chi connectivity index (χ1v) is 5.42. The summed E-state index contributed by atoms with van der Waals surface area (Å²) >= 11 is 0. The molecule has 0 spiro atoms. The van der Waals surface area contributed by atoms with Gasteiger partial charge in [-0.1, -0.05) is 20.3 Å². The van der Waals surface area contributed by atoms with Crippen LogP contribution in [-0.4, -0.2) is 48.3 Å². The minimum atomic E-state index is -0.170. The topological polar surface area (TPSA) is 35.5 Å². The van der Waals surface area contributed by atoms with Crippen LogP contribution >= 0.6 is 0 Å². The summed E-state index contributed by atoms with van der Waals surface area (Å²) in [6, 6.07) is 0.344. The monoisotopic (exact) mass is 186 g/mol. The molecule has 0 radical (unpaired) electrons. The maximum Gasteiger partial charge on any atom is 0.0831 e. The Morgan fingerprint density at radius 3 is 2.62 bits per heavy atom. The largest absolute Gasteiger partial charge is 0.390 e. The summed E-state index contributed by atoms with van der Waals surface area (Å²) in [5, 5.41) is 12.9. The van der Waals surface area contributed by atoms with E-state index in [4.69, 9.17) is 0 Å². The van der Waals surface area contributed by atoms with Crippen molar-refractivity contribution < 1.29 is 5.11 Å². The van der Waals surface area contributed by atoms with Gasteiger partial charge in [-0.05, 0) is 19.5 Å². The van der Waals surface area contributed by atoms with Gasteiger partial charge in [0, 0.05) is 19.1 Å². The number of aliphatic hydroxyl groups excluding tert-OH is 1.